The summed E-state index contributed by atoms with van der Waals surface area (Å²) in [7, 11) is 0. The Morgan fingerprint density at radius 2 is 2.03 bits per heavy atom. The Labute approximate surface area is 188 Å². The molecule has 1 fully saturated rings. The van der Waals surface area contributed by atoms with Gasteiger partial charge in [-0.1, -0.05) is 32.9 Å². The van der Waals surface area contributed by atoms with Crippen molar-refractivity contribution in [3.05, 3.63) is 60.6 Å². The molecule has 1 atom stereocenters. The molecule has 2 amide bonds. The van der Waals surface area contributed by atoms with Gasteiger partial charge in [-0.2, -0.15) is 0 Å². The lowest BCUT2D eigenvalue weighted by atomic mass is 9.91. The fourth-order valence-electron chi connectivity index (χ4n) is 3.97. The van der Waals surface area contributed by atoms with E-state index < -0.39 is 5.41 Å². The van der Waals surface area contributed by atoms with Crippen LogP contribution in [0.15, 0.2) is 54.9 Å². The first-order valence-electron chi connectivity index (χ1n) is 11.1. The van der Waals surface area contributed by atoms with Gasteiger partial charge >= 0.3 is 0 Å². The zero-order chi connectivity index (χ0) is 22.7. The fourth-order valence-corrected chi connectivity index (χ4v) is 3.97. The van der Waals surface area contributed by atoms with Crippen LogP contribution >= 0.6 is 0 Å². The van der Waals surface area contributed by atoms with Crippen LogP contribution in [-0.4, -0.2) is 39.2 Å². The number of benzene rings is 1. The zero-order valence-electron chi connectivity index (χ0n) is 18.9. The molecule has 2 aromatic heterocycles. The molecule has 3 aromatic rings. The fraction of sp³-hybridized carbons (Fsp3) is 0.400. The van der Waals surface area contributed by atoms with Crippen LogP contribution < -0.4 is 10.1 Å². The second-order valence-corrected chi connectivity index (χ2v) is 9.34. The van der Waals surface area contributed by atoms with Crippen LogP contribution in [0.25, 0.3) is 5.65 Å². The highest BCUT2D eigenvalue weighted by Crippen LogP contribution is 2.25. The van der Waals surface area contributed by atoms with Crippen LogP contribution in [0.5, 0.6) is 5.75 Å². The van der Waals surface area contributed by atoms with Crippen LogP contribution in [0.1, 0.15) is 39.3 Å². The van der Waals surface area contributed by atoms with E-state index in [2.05, 4.69) is 10.3 Å². The molecular formula is C25H30N4O3. The summed E-state index contributed by atoms with van der Waals surface area (Å²) in [5.74, 6) is 0.483. The lowest BCUT2D eigenvalue weighted by Crippen LogP contribution is -2.47. The van der Waals surface area contributed by atoms with Crippen molar-refractivity contribution in [3.63, 3.8) is 0 Å². The highest BCUT2D eigenvalue weighted by atomic mass is 16.5. The number of likely N-dealkylation sites (tertiary alicyclic amines) is 1. The quantitative estimate of drug-likeness (QED) is 0.655. The summed E-state index contributed by atoms with van der Waals surface area (Å²) in [6.45, 7) is 7.26. The standard InChI is InChI=1S/C25H30N4O3/c1-25(2,3)24(31)29-13-7-8-18(15-29)23(30)27-19-9-6-10-21(14-19)32-17-20-16-28-12-5-4-11-22(28)26-20/h4-6,9-12,14,16,18H,7-8,13,15,17H2,1-3H3,(H,27,30). The summed E-state index contributed by atoms with van der Waals surface area (Å²) in [6, 6.07) is 13.2. The molecule has 1 aliphatic heterocycles. The number of hydrogen-bond acceptors (Lipinski definition) is 4. The number of fused-ring (bicyclic) bond motifs is 1. The maximum absolute atomic E-state index is 12.9. The predicted molar refractivity (Wildman–Crippen MR) is 123 cm³/mol. The van der Waals surface area contributed by atoms with Gasteiger partial charge in [0.05, 0.1) is 11.6 Å². The average molecular weight is 435 g/mol. The molecule has 1 aromatic carbocycles. The van der Waals surface area contributed by atoms with Crippen LogP contribution in [0.4, 0.5) is 5.69 Å². The van der Waals surface area contributed by atoms with Gasteiger partial charge in [-0.3, -0.25) is 9.59 Å². The lowest BCUT2D eigenvalue weighted by molar-refractivity contribution is -0.142. The summed E-state index contributed by atoms with van der Waals surface area (Å²) >= 11 is 0. The molecule has 1 saturated heterocycles. The molecule has 1 unspecified atom stereocenters. The van der Waals surface area contributed by atoms with Crippen LogP contribution in [-0.2, 0) is 16.2 Å². The minimum absolute atomic E-state index is 0.0612. The number of carbonyl (C=O) groups is 2. The van der Waals surface area contributed by atoms with Crippen molar-refractivity contribution in [2.24, 2.45) is 11.3 Å². The third-order valence-corrected chi connectivity index (χ3v) is 5.62. The number of nitrogens with zero attached hydrogens (tertiary/aromatic N) is 3. The molecule has 0 radical (unpaired) electrons. The van der Waals surface area contributed by atoms with Crippen molar-refractivity contribution in [1.82, 2.24) is 14.3 Å². The van der Waals surface area contributed by atoms with E-state index in [0.717, 1.165) is 24.2 Å². The first-order chi connectivity index (χ1) is 15.3. The second kappa shape index (κ2) is 9.02. The summed E-state index contributed by atoms with van der Waals surface area (Å²) < 4.78 is 7.85. The average Bonchev–Trinajstić information content (AvgIpc) is 3.20. The smallest absolute Gasteiger partial charge is 0.229 e. The Hall–Kier alpha value is -3.35. The van der Waals surface area contributed by atoms with Gasteiger partial charge in [0, 0.05) is 42.7 Å². The number of piperidine rings is 1. The van der Waals surface area contributed by atoms with Gasteiger partial charge < -0.3 is 19.4 Å². The highest BCUT2D eigenvalue weighted by molar-refractivity contribution is 5.93. The first-order valence-corrected chi connectivity index (χ1v) is 11.1. The number of anilines is 1. The van der Waals surface area contributed by atoms with E-state index in [1.54, 1.807) is 0 Å². The minimum atomic E-state index is -0.440. The zero-order valence-corrected chi connectivity index (χ0v) is 18.9. The second-order valence-electron chi connectivity index (χ2n) is 9.34. The van der Waals surface area contributed by atoms with Crippen LogP contribution in [0.2, 0.25) is 0 Å². The van der Waals surface area contributed by atoms with Gasteiger partial charge in [-0.15, -0.1) is 0 Å². The number of imidazole rings is 1. The number of pyridine rings is 1. The molecule has 4 rings (SSSR count). The van der Waals surface area contributed by atoms with E-state index in [0.29, 0.717) is 31.1 Å². The Balaban J connectivity index is 1.35. The SMILES string of the molecule is CC(C)(C)C(=O)N1CCCC(C(=O)Nc2cccc(OCc3cn4ccccc4n3)c2)C1. The number of amides is 2. The van der Waals surface area contributed by atoms with Crippen molar-refractivity contribution < 1.29 is 14.3 Å². The monoisotopic (exact) mass is 434 g/mol. The third kappa shape index (κ3) is 5.10. The van der Waals surface area contributed by atoms with Crippen molar-refractivity contribution in [3.8, 4) is 5.75 Å². The van der Waals surface area contributed by atoms with E-state index in [4.69, 9.17) is 4.74 Å². The largest absolute Gasteiger partial charge is 0.487 e. The Kier molecular flexibility index (Phi) is 6.17. The van der Waals surface area contributed by atoms with Gasteiger partial charge in [-0.25, -0.2) is 4.98 Å². The molecule has 0 aliphatic carbocycles. The molecule has 1 aliphatic rings. The third-order valence-electron chi connectivity index (χ3n) is 5.62. The van der Waals surface area contributed by atoms with Crippen molar-refractivity contribution in [2.45, 2.75) is 40.2 Å². The predicted octanol–water partition coefficient (Wildman–Crippen LogP) is 4.14. The topological polar surface area (TPSA) is 75.9 Å². The summed E-state index contributed by atoms with van der Waals surface area (Å²) in [5, 5.41) is 2.99. The Morgan fingerprint density at radius 3 is 2.81 bits per heavy atom. The maximum atomic E-state index is 12.9. The summed E-state index contributed by atoms with van der Waals surface area (Å²) in [4.78, 5) is 31.8. The first kappa shape index (κ1) is 21.9. The van der Waals surface area contributed by atoms with Gasteiger partial charge in [0.15, 0.2) is 0 Å². The number of hydrogen-bond donors (Lipinski definition) is 1. The molecule has 168 valence electrons. The maximum Gasteiger partial charge on any atom is 0.229 e. The molecule has 1 N–H and O–H groups in total. The van der Waals surface area contributed by atoms with Crippen molar-refractivity contribution >= 4 is 23.1 Å². The van der Waals surface area contributed by atoms with Gasteiger partial charge in [0.1, 0.15) is 18.0 Å². The van der Waals surface area contributed by atoms with Crippen LogP contribution in [0, 0.1) is 11.3 Å². The number of nitrogens with one attached hydrogen (secondary N) is 1. The minimum Gasteiger partial charge on any atom is -0.487 e. The molecule has 32 heavy (non-hydrogen) atoms. The van der Waals surface area contributed by atoms with Crippen LogP contribution in [0.3, 0.4) is 0 Å². The highest BCUT2D eigenvalue weighted by Gasteiger charge is 2.33. The lowest BCUT2D eigenvalue weighted by Gasteiger charge is -2.35. The summed E-state index contributed by atoms with van der Waals surface area (Å²) in [6.07, 6.45) is 5.50. The normalized spacial score (nSPS) is 16.7. The number of aromatic nitrogens is 2. The molecule has 0 bridgehead atoms. The number of carbonyl (C=O) groups excluding carboxylic acids is 2. The Morgan fingerprint density at radius 1 is 1.19 bits per heavy atom. The number of rotatable bonds is 5. The molecule has 3 heterocycles. The van der Waals surface area contributed by atoms with E-state index in [9.17, 15) is 9.59 Å². The van der Waals surface area contributed by atoms with E-state index in [1.165, 1.54) is 0 Å². The van der Waals surface area contributed by atoms with E-state index >= 15 is 0 Å². The number of ether oxygens (including phenoxy) is 1. The van der Waals surface area contributed by atoms with Gasteiger partial charge in [0.2, 0.25) is 11.8 Å². The summed E-state index contributed by atoms with van der Waals surface area (Å²) in [5.41, 5.74) is 1.95. The molecule has 7 nitrogen and oxygen atoms in total. The molecule has 0 saturated carbocycles. The van der Waals surface area contributed by atoms with Gasteiger partial charge in [-0.05, 0) is 37.1 Å². The van der Waals surface area contributed by atoms with Gasteiger partial charge in [0.25, 0.3) is 0 Å². The van der Waals surface area contributed by atoms with E-state index in [-0.39, 0.29) is 17.7 Å². The van der Waals surface area contributed by atoms with Crippen molar-refractivity contribution in [2.75, 3.05) is 18.4 Å². The Bertz CT molecular complexity index is 1080. The molecule has 7 heteroatoms. The molecular weight excluding hydrogens is 404 g/mol. The molecule has 0 spiro atoms. The van der Waals surface area contributed by atoms with E-state index in [1.807, 2.05) is 84.9 Å². The van der Waals surface area contributed by atoms with Crippen molar-refractivity contribution in [1.29, 1.82) is 0 Å².